The quantitative estimate of drug-likeness (QED) is 0.0824. The van der Waals surface area contributed by atoms with Gasteiger partial charge in [0.25, 0.3) is 0 Å². The van der Waals surface area contributed by atoms with Gasteiger partial charge in [-0.15, -0.1) is 0 Å². The van der Waals surface area contributed by atoms with Crippen LogP contribution in [0.4, 0.5) is 0 Å². The molecule has 1 aromatic heterocycles. The SMILES string of the molecule is CCCCCc1oc(CCCCCCCCC(=O)O[C@H]2CC[C@@]3(C)C(=CC[C@H]4[C@@H]5CC[C@H]([C@H](C)CCCC(C)C)[C@@]5(C)CC[C@@H]43)C2)c(C)c1C. The lowest BCUT2D eigenvalue weighted by Gasteiger charge is -2.58. The van der Waals surface area contributed by atoms with E-state index in [0.717, 1.165) is 74.0 Å². The Labute approximate surface area is 308 Å². The normalized spacial score (nSPS) is 31.2. The molecule has 3 nitrogen and oxygen atoms in total. The molecule has 0 spiro atoms. The third-order valence-corrected chi connectivity index (χ3v) is 15.2. The predicted molar refractivity (Wildman–Crippen MR) is 210 cm³/mol. The first-order valence-electron chi connectivity index (χ1n) is 21.9. The number of rotatable bonds is 19. The maximum atomic E-state index is 12.9. The summed E-state index contributed by atoms with van der Waals surface area (Å²) in [6.45, 7) is 19.4. The number of furan rings is 1. The van der Waals surface area contributed by atoms with Gasteiger partial charge in [-0.05, 0) is 136 Å². The molecule has 8 atom stereocenters. The number of esters is 1. The number of allylic oxidation sites excluding steroid dienone is 1. The van der Waals surface area contributed by atoms with Crippen LogP contribution in [0.2, 0.25) is 0 Å². The number of fused-ring (bicyclic) bond motifs is 5. The van der Waals surface area contributed by atoms with E-state index in [4.69, 9.17) is 9.15 Å². The molecule has 0 aliphatic heterocycles. The third-order valence-electron chi connectivity index (χ3n) is 15.2. The number of aryl methyl sites for hydroxylation is 2. The fraction of sp³-hybridized carbons (Fsp3) is 0.851. The van der Waals surface area contributed by atoms with E-state index in [0.29, 0.717) is 17.3 Å². The second-order valence-electron chi connectivity index (χ2n) is 18.9. The smallest absolute Gasteiger partial charge is 0.306 e. The van der Waals surface area contributed by atoms with Crippen LogP contribution >= 0.6 is 0 Å². The summed E-state index contributed by atoms with van der Waals surface area (Å²) in [6, 6.07) is 0. The summed E-state index contributed by atoms with van der Waals surface area (Å²) in [6.07, 6.45) is 30.7. The molecule has 0 unspecified atom stereocenters. The van der Waals surface area contributed by atoms with Crippen molar-refractivity contribution < 1.29 is 13.9 Å². The van der Waals surface area contributed by atoms with Crippen molar-refractivity contribution in [2.24, 2.45) is 46.3 Å². The molecule has 284 valence electrons. The van der Waals surface area contributed by atoms with Crippen molar-refractivity contribution in [3.8, 4) is 0 Å². The van der Waals surface area contributed by atoms with E-state index in [-0.39, 0.29) is 12.1 Å². The summed E-state index contributed by atoms with van der Waals surface area (Å²) < 4.78 is 12.4. The van der Waals surface area contributed by atoms with Gasteiger partial charge in [0.05, 0.1) is 0 Å². The van der Waals surface area contributed by atoms with E-state index in [1.807, 2.05) is 0 Å². The molecule has 5 rings (SSSR count). The summed E-state index contributed by atoms with van der Waals surface area (Å²) in [4.78, 5) is 12.9. The van der Waals surface area contributed by atoms with Crippen molar-refractivity contribution in [2.45, 2.75) is 209 Å². The zero-order chi connectivity index (χ0) is 35.9. The molecule has 3 heteroatoms. The Bertz CT molecular complexity index is 1250. The molecular formula is C47H78O3. The zero-order valence-electron chi connectivity index (χ0n) is 34.1. The van der Waals surface area contributed by atoms with Crippen LogP contribution < -0.4 is 0 Å². The van der Waals surface area contributed by atoms with Crippen LogP contribution in [0.15, 0.2) is 16.1 Å². The summed E-state index contributed by atoms with van der Waals surface area (Å²) in [5.74, 6) is 7.69. The first kappa shape index (κ1) is 39.7. The van der Waals surface area contributed by atoms with Crippen molar-refractivity contribution in [2.75, 3.05) is 0 Å². The minimum Gasteiger partial charge on any atom is -0.466 e. The van der Waals surface area contributed by atoms with Crippen LogP contribution in [0.1, 0.15) is 199 Å². The highest BCUT2D eigenvalue weighted by atomic mass is 16.5. The molecule has 3 saturated carbocycles. The number of hydrogen-bond acceptors (Lipinski definition) is 3. The molecule has 50 heavy (non-hydrogen) atoms. The van der Waals surface area contributed by atoms with Gasteiger partial charge in [0, 0.05) is 25.7 Å². The Kier molecular flexibility index (Phi) is 14.3. The molecule has 0 aromatic carbocycles. The third kappa shape index (κ3) is 9.16. The van der Waals surface area contributed by atoms with Gasteiger partial charge in [0.15, 0.2) is 0 Å². The van der Waals surface area contributed by atoms with Gasteiger partial charge in [0.2, 0.25) is 0 Å². The second kappa shape index (κ2) is 18.0. The van der Waals surface area contributed by atoms with Crippen LogP contribution in [0, 0.1) is 60.2 Å². The highest BCUT2D eigenvalue weighted by molar-refractivity contribution is 5.69. The average Bonchev–Trinajstić information content (AvgIpc) is 3.57. The predicted octanol–water partition coefficient (Wildman–Crippen LogP) is 13.9. The fourth-order valence-electron chi connectivity index (χ4n) is 12.0. The van der Waals surface area contributed by atoms with E-state index in [9.17, 15) is 4.79 Å². The Morgan fingerprint density at radius 2 is 1.50 bits per heavy atom. The van der Waals surface area contributed by atoms with Gasteiger partial charge in [-0.3, -0.25) is 4.79 Å². The summed E-state index contributed by atoms with van der Waals surface area (Å²) in [5, 5.41) is 0. The lowest BCUT2D eigenvalue weighted by atomic mass is 9.47. The molecule has 1 heterocycles. The van der Waals surface area contributed by atoms with Crippen LogP contribution in [0.5, 0.6) is 0 Å². The number of unbranched alkanes of at least 4 members (excludes halogenated alkanes) is 7. The molecule has 0 N–H and O–H groups in total. The topological polar surface area (TPSA) is 39.4 Å². The van der Waals surface area contributed by atoms with E-state index >= 15 is 0 Å². The molecular weight excluding hydrogens is 613 g/mol. The van der Waals surface area contributed by atoms with Crippen LogP contribution in [-0.2, 0) is 22.4 Å². The molecule has 4 aliphatic rings. The largest absolute Gasteiger partial charge is 0.466 e. The van der Waals surface area contributed by atoms with Crippen molar-refractivity contribution in [3.05, 3.63) is 34.3 Å². The van der Waals surface area contributed by atoms with Crippen molar-refractivity contribution in [3.63, 3.8) is 0 Å². The molecule has 0 saturated heterocycles. The van der Waals surface area contributed by atoms with Gasteiger partial charge < -0.3 is 9.15 Å². The van der Waals surface area contributed by atoms with Gasteiger partial charge in [-0.25, -0.2) is 0 Å². The maximum Gasteiger partial charge on any atom is 0.306 e. The van der Waals surface area contributed by atoms with Gasteiger partial charge in [-0.2, -0.15) is 0 Å². The molecule has 0 amide bonds. The number of ether oxygens (including phenoxy) is 1. The lowest BCUT2D eigenvalue weighted by Crippen LogP contribution is -2.51. The molecule has 1 aromatic rings. The minimum absolute atomic E-state index is 0.0410. The second-order valence-corrected chi connectivity index (χ2v) is 18.9. The van der Waals surface area contributed by atoms with Crippen LogP contribution in [0.3, 0.4) is 0 Å². The highest BCUT2D eigenvalue weighted by Crippen LogP contribution is 2.67. The Morgan fingerprint density at radius 3 is 2.20 bits per heavy atom. The van der Waals surface area contributed by atoms with Crippen LogP contribution in [-0.4, -0.2) is 12.1 Å². The van der Waals surface area contributed by atoms with Gasteiger partial charge >= 0.3 is 5.97 Å². The standard InChI is InChI=1S/C47H78O3/c1-9-10-15-21-43-35(5)36(6)44(50-43)22-16-13-11-12-14-17-23-45(48)49-38-28-30-46(7)37(32-38)24-25-39-41-27-26-40(34(4)20-18-19-33(2)3)47(41,8)31-29-42(39)46/h24,33-34,38-42H,9-23,25-32H2,1-8H3/t34-,38+,39+,40-,41+,42+,46+,47-/m1/s1. The first-order chi connectivity index (χ1) is 24.0. The summed E-state index contributed by atoms with van der Waals surface area (Å²) in [7, 11) is 0. The van der Waals surface area contributed by atoms with E-state index in [2.05, 4.69) is 61.5 Å². The Balaban J connectivity index is 0.994. The minimum atomic E-state index is 0.0410. The van der Waals surface area contributed by atoms with Gasteiger partial charge in [-0.1, -0.05) is 111 Å². The number of hydrogen-bond donors (Lipinski definition) is 0. The van der Waals surface area contributed by atoms with Crippen molar-refractivity contribution in [1.29, 1.82) is 0 Å². The Morgan fingerprint density at radius 1 is 0.820 bits per heavy atom. The molecule has 0 bridgehead atoms. The lowest BCUT2D eigenvalue weighted by molar-refractivity contribution is -0.151. The summed E-state index contributed by atoms with van der Waals surface area (Å²) >= 11 is 0. The molecule has 3 fully saturated rings. The van der Waals surface area contributed by atoms with Crippen molar-refractivity contribution >= 4 is 5.97 Å². The maximum absolute atomic E-state index is 12.9. The highest BCUT2D eigenvalue weighted by Gasteiger charge is 2.59. The van der Waals surface area contributed by atoms with Crippen LogP contribution in [0.25, 0.3) is 0 Å². The summed E-state index contributed by atoms with van der Waals surface area (Å²) in [5.41, 5.74) is 5.25. The molecule has 0 radical (unpaired) electrons. The molecule has 4 aliphatic carbocycles. The van der Waals surface area contributed by atoms with E-state index in [1.165, 1.54) is 125 Å². The van der Waals surface area contributed by atoms with Gasteiger partial charge in [0.1, 0.15) is 17.6 Å². The average molecular weight is 691 g/mol. The first-order valence-corrected chi connectivity index (χ1v) is 21.9. The van der Waals surface area contributed by atoms with Crippen molar-refractivity contribution in [1.82, 2.24) is 0 Å². The fourth-order valence-corrected chi connectivity index (χ4v) is 12.0. The monoisotopic (exact) mass is 691 g/mol. The Hall–Kier alpha value is -1.51. The number of carbonyl (C=O) groups is 1. The van der Waals surface area contributed by atoms with E-state index in [1.54, 1.807) is 5.57 Å². The number of carbonyl (C=O) groups excluding carboxylic acids is 1. The zero-order valence-corrected chi connectivity index (χ0v) is 34.1. The van der Waals surface area contributed by atoms with E-state index < -0.39 is 0 Å².